The molecule has 1 atom stereocenters. The fourth-order valence-corrected chi connectivity index (χ4v) is 4.40. The Labute approximate surface area is 189 Å². The van der Waals surface area contributed by atoms with Gasteiger partial charge in [0.05, 0.1) is 0 Å². The van der Waals surface area contributed by atoms with Gasteiger partial charge >= 0.3 is 0 Å². The zero-order chi connectivity index (χ0) is 22.1. The number of unbranched alkanes of at least 4 members (excludes halogenated alkanes) is 18. The lowest BCUT2D eigenvalue weighted by atomic mass is 9.91. The van der Waals surface area contributed by atoms with Gasteiger partial charge in [-0.3, -0.25) is 4.79 Å². The maximum Gasteiger partial charge on any atom is 0.136 e. The first-order valence-corrected chi connectivity index (χ1v) is 13.7. The van der Waals surface area contributed by atoms with Gasteiger partial charge in [0.25, 0.3) is 0 Å². The fraction of sp³-hybridized carbons (Fsp3) is 0.929. The van der Waals surface area contributed by atoms with Crippen LogP contribution in [0, 0.1) is 5.92 Å². The minimum absolute atomic E-state index is 0.00403. The van der Waals surface area contributed by atoms with Crippen LogP contribution in [0.2, 0.25) is 0 Å². The van der Waals surface area contributed by atoms with Crippen LogP contribution in [0.3, 0.4) is 0 Å². The van der Waals surface area contributed by atoms with Crippen LogP contribution in [0.1, 0.15) is 162 Å². The predicted octanol–water partition coefficient (Wildman–Crippen LogP) is 9.38. The molecular formula is C28H54O2. The second-order valence-electron chi connectivity index (χ2n) is 9.47. The zero-order valence-electron chi connectivity index (χ0n) is 20.7. The van der Waals surface area contributed by atoms with Gasteiger partial charge in [-0.1, -0.05) is 136 Å². The van der Waals surface area contributed by atoms with E-state index in [9.17, 15) is 9.59 Å². The predicted molar refractivity (Wildman–Crippen MR) is 132 cm³/mol. The number of ketones is 1. The van der Waals surface area contributed by atoms with E-state index in [1.165, 1.54) is 109 Å². The SMILES string of the molecule is CCCCCCCCCCCCCCCCCC(CC=O)C(=O)CCCCCCC. The Balaban J connectivity index is 3.49. The van der Waals surface area contributed by atoms with Crippen molar-refractivity contribution in [3.63, 3.8) is 0 Å². The molecule has 0 aliphatic carbocycles. The Kier molecular flexibility index (Phi) is 24.1. The molecule has 0 aromatic carbocycles. The molecule has 0 spiro atoms. The van der Waals surface area contributed by atoms with Crippen LogP contribution in [0.5, 0.6) is 0 Å². The lowest BCUT2D eigenvalue weighted by molar-refractivity contribution is -0.125. The first-order valence-electron chi connectivity index (χ1n) is 13.7. The molecule has 0 aromatic heterocycles. The van der Waals surface area contributed by atoms with E-state index in [1.54, 1.807) is 0 Å². The van der Waals surface area contributed by atoms with Crippen LogP contribution >= 0.6 is 0 Å². The molecule has 0 bridgehead atoms. The van der Waals surface area contributed by atoms with Crippen LogP contribution in [-0.4, -0.2) is 12.1 Å². The van der Waals surface area contributed by atoms with E-state index in [0.717, 1.165) is 32.0 Å². The Morgan fingerprint density at radius 1 is 0.567 bits per heavy atom. The van der Waals surface area contributed by atoms with E-state index in [0.29, 0.717) is 18.6 Å². The van der Waals surface area contributed by atoms with Crippen LogP contribution < -0.4 is 0 Å². The fourth-order valence-electron chi connectivity index (χ4n) is 4.40. The molecular weight excluding hydrogens is 368 g/mol. The van der Waals surface area contributed by atoms with Crippen molar-refractivity contribution in [1.82, 2.24) is 0 Å². The van der Waals surface area contributed by atoms with Gasteiger partial charge in [-0.2, -0.15) is 0 Å². The number of Topliss-reactive ketones (excluding diaryl/α,β-unsaturated/α-hetero) is 1. The molecule has 0 N–H and O–H groups in total. The number of carbonyl (C=O) groups is 2. The third-order valence-electron chi connectivity index (χ3n) is 6.52. The second kappa shape index (κ2) is 24.6. The van der Waals surface area contributed by atoms with Crippen LogP contribution in [-0.2, 0) is 9.59 Å². The van der Waals surface area contributed by atoms with E-state index in [-0.39, 0.29) is 5.92 Å². The van der Waals surface area contributed by atoms with Crippen molar-refractivity contribution < 1.29 is 9.59 Å². The third-order valence-corrected chi connectivity index (χ3v) is 6.52. The van der Waals surface area contributed by atoms with E-state index < -0.39 is 0 Å². The summed E-state index contributed by atoms with van der Waals surface area (Å²) in [7, 11) is 0. The standard InChI is InChI=1S/C28H54O2/c1-3-5-7-9-10-11-12-13-14-15-16-17-18-20-21-23-27(25-26-29)28(30)24-22-19-8-6-4-2/h26-27H,3-25H2,1-2H3. The highest BCUT2D eigenvalue weighted by molar-refractivity contribution is 5.82. The van der Waals surface area contributed by atoms with Crippen LogP contribution in [0.4, 0.5) is 0 Å². The van der Waals surface area contributed by atoms with Gasteiger partial charge in [0.2, 0.25) is 0 Å². The zero-order valence-corrected chi connectivity index (χ0v) is 20.7. The second-order valence-corrected chi connectivity index (χ2v) is 9.47. The summed E-state index contributed by atoms with van der Waals surface area (Å²) in [4.78, 5) is 23.3. The lowest BCUT2D eigenvalue weighted by Gasteiger charge is -2.13. The first-order chi connectivity index (χ1) is 14.8. The van der Waals surface area contributed by atoms with Crippen molar-refractivity contribution in [2.24, 2.45) is 5.92 Å². The van der Waals surface area contributed by atoms with Crippen molar-refractivity contribution in [1.29, 1.82) is 0 Å². The lowest BCUT2D eigenvalue weighted by Crippen LogP contribution is -2.15. The molecule has 30 heavy (non-hydrogen) atoms. The van der Waals surface area contributed by atoms with E-state index in [4.69, 9.17) is 0 Å². The quantitative estimate of drug-likeness (QED) is 0.108. The number of hydrogen-bond donors (Lipinski definition) is 0. The summed E-state index contributed by atoms with van der Waals surface area (Å²) >= 11 is 0. The van der Waals surface area contributed by atoms with Gasteiger partial charge in [-0.25, -0.2) is 0 Å². The summed E-state index contributed by atoms with van der Waals surface area (Å²) in [5.41, 5.74) is 0. The largest absolute Gasteiger partial charge is 0.303 e. The van der Waals surface area contributed by atoms with Crippen molar-refractivity contribution in [3.05, 3.63) is 0 Å². The maximum absolute atomic E-state index is 12.4. The topological polar surface area (TPSA) is 34.1 Å². The van der Waals surface area contributed by atoms with Gasteiger partial charge in [-0.05, 0) is 12.8 Å². The molecule has 0 radical (unpaired) electrons. The molecule has 0 aliphatic rings. The summed E-state index contributed by atoms with van der Waals surface area (Å²) in [5.74, 6) is 0.333. The van der Waals surface area contributed by atoms with E-state index >= 15 is 0 Å². The molecule has 0 rings (SSSR count). The van der Waals surface area contributed by atoms with Crippen molar-refractivity contribution in [3.8, 4) is 0 Å². The summed E-state index contributed by atoms with van der Waals surface area (Å²) in [6.07, 6.45) is 29.3. The Morgan fingerprint density at radius 2 is 0.933 bits per heavy atom. The van der Waals surface area contributed by atoms with Crippen LogP contribution in [0.15, 0.2) is 0 Å². The highest BCUT2D eigenvalue weighted by atomic mass is 16.1. The van der Waals surface area contributed by atoms with Crippen molar-refractivity contribution in [2.45, 2.75) is 162 Å². The number of aldehydes is 1. The Hall–Kier alpha value is -0.660. The Morgan fingerprint density at radius 3 is 1.33 bits per heavy atom. The maximum atomic E-state index is 12.4. The third kappa shape index (κ3) is 20.6. The molecule has 0 aliphatic heterocycles. The minimum atomic E-state index is -0.00403. The monoisotopic (exact) mass is 422 g/mol. The molecule has 0 aromatic rings. The molecule has 0 fully saturated rings. The van der Waals surface area contributed by atoms with Gasteiger partial charge in [0.1, 0.15) is 12.1 Å². The summed E-state index contributed by atoms with van der Waals surface area (Å²) in [6.45, 7) is 4.49. The number of rotatable bonds is 25. The average molecular weight is 423 g/mol. The first kappa shape index (κ1) is 29.3. The number of carbonyl (C=O) groups excluding carboxylic acids is 2. The smallest absolute Gasteiger partial charge is 0.136 e. The minimum Gasteiger partial charge on any atom is -0.303 e. The van der Waals surface area contributed by atoms with Gasteiger partial charge in [0, 0.05) is 18.8 Å². The molecule has 0 amide bonds. The highest BCUT2D eigenvalue weighted by Crippen LogP contribution is 2.19. The molecule has 2 nitrogen and oxygen atoms in total. The van der Waals surface area contributed by atoms with Crippen molar-refractivity contribution >= 4 is 12.1 Å². The molecule has 1 unspecified atom stereocenters. The number of hydrogen-bond acceptors (Lipinski definition) is 2. The van der Waals surface area contributed by atoms with Crippen LogP contribution in [0.25, 0.3) is 0 Å². The molecule has 0 heterocycles. The molecule has 0 saturated carbocycles. The van der Waals surface area contributed by atoms with Gasteiger partial charge in [-0.15, -0.1) is 0 Å². The van der Waals surface area contributed by atoms with E-state index in [2.05, 4.69) is 13.8 Å². The Bertz CT molecular complexity index is 364. The van der Waals surface area contributed by atoms with E-state index in [1.807, 2.05) is 0 Å². The normalized spacial score (nSPS) is 12.2. The average Bonchev–Trinajstić information content (AvgIpc) is 2.75. The van der Waals surface area contributed by atoms with Gasteiger partial charge < -0.3 is 4.79 Å². The summed E-state index contributed by atoms with van der Waals surface area (Å²) in [5, 5.41) is 0. The molecule has 0 saturated heterocycles. The highest BCUT2D eigenvalue weighted by Gasteiger charge is 2.16. The summed E-state index contributed by atoms with van der Waals surface area (Å²) < 4.78 is 0. The van der Waals surface area contributed by atoms with Gasteiger partial charge in [0.15, 0.2) is 0 Å². The summed E-state index contributed by atoms with van der Waals surface area (Å²) in [6, 6.07) is 0. The van der Waals surface area contributed by atoms with Crippen molar-refractivity contribution in [2.75, 3.05) is 0 Å². The molecule has 2 heteroatoms. The molecule has 178 valence electrons.